The summed E-state index contributed by atoms with van der Waals surface area (Å²) in [5.41, 5.74) is 2.72. The summed E-state index contributed by atoms with van der Waals surface area (Å²) >= 11 is 2.16. The number of nitrogens with one attached hydrogen (secondary N) is 1. The number of carbonyl (C=O) groups excluding carboxylic acids is 1. The Kier molecular flexibility index (Phi) is 9.91. The van der Waals surface area contributed by atoms with Gasteiger partial charge in [0.2, 0.25) is 0 Å². The Hall–Kier alpha value is -2.67. The van der Waals surface area contributed by atoms with Crippen LogP contribution in [0.3, 0.4) is 0 Å². The Morgan fingerprint density at radius 2 is 2.16 bits per heavy atom. The SMILES string of the molecule is C=C.CCC(C)Nc1nc(-c2cn(SI)c3ncc(F)cc23)nc2ccoc12.COC=O. The number of furan rings is 1. The summed E-state index contributed by atoms with van der Waals surface area (Å²) in [5.74, 6) is 0.750. The van der Waals surface area contributed by atoms with E-state index in [-0.39, 0.29) is 6.04 Å². The quantitative estimate of drug-likeness (QED) is 0.171. The van der Waals surface area contributed by atoms with Crippen molar-refractivity contribution in [2.24, 2.45) is 0 Å². The first-order chi connectivity index (χ1) is 15.5. The normalized spacial score (nSPS) is 11.2. The number of hydrogen-bond donors (Lipinski definition) is 1. The molecule has 0 bridgehead atoms. The average Bonchev–Trinajstić information content (AvgIpc) is 3.44. The molecule has 4 rings (SSSR count). The van der Waals surface area contributed by atoms with Crippen LogP contribution in [0.2, 0.25) is 0 Å². The first-order valence-electron chi connectivity index (χ1n) is 9.46. The lowest BCUT2D eigenvalue weighted by atomic mass is 10.2. The summed E-state index contributed by atoms with van der Waals surface area (Å²) in [5, 5.41) is 4.04. The minimum atomic E-state index is -0.391. The molecule has 0 aliphatic carbocycles. The Morgan fingerprint density at radius 3 is 2.78 bits per heavy atom. The van der Waals surface area contributed by atoms with Gasteiger partial charge in [0.1, 0.15) is 11.3 Å². The number of pyridine rings is 1. The zero-order valence-corrected chi connectivity index (χ0v) is 20.8. The minimum absolute atomic E-state index is 0.233. The third kappa shape index (κ3) is 5.76. The van der Waals surface area contributed by atoms with E-state index < -0.39 is 5.82 Å². The monoisotopic (exact) mass is 571 g/mol. The molecule has 11 heteroatoms. The van der Waals surface area contributed by atoms with Crippen LogP contribution in [0.15, 0.2) is 48.4 Å². The molecule has 1 unspecified atom stereocenters. The molecule has 0 aromatic carbocycles. The molecule has 4 heterocycles. The van der Waals surface area contributed by atoms with E-state index in [1.807, 2.05) is 10.2 Å². The van der Waals surface area contributed by atoms with Gasteiger partial charge in [0, 0.05) is 59.6 Å². The van der Waals surface area contributed by atoms with E-state index in [1.165, 1.54) is 28.5 Å². The van der Waals surface area contributed by atoms with Gasteiger partial charge in [-0.3, -0.25) is 8.77 Å². The number of halogens is 2. The molecule has 0 fully saturated rings. The van der Waals surface area contributed by atoms with Crippen molar-refractivity contribution in [3.05, 3.63) is 49.8 Å². The predicted molar refractivity (Wildman–Crippen MR) is 135 cm³/mol. The number of hydrogen-bond acceptors (Lipinski definition) is 8. The van der Waals surface area contributed by atoms with Crippen LogP contribution in [0, 0.1) is 5.82 Å². The molecule has 0 aliphatic heterocycles. The van der Waals surface area contributed by atoms with Gasteiger partial charge in [-0.1, -0.05) is 6.92 Å². The number of rotatable bonds is 6. The fraction of sp³-hybridized carbons (Fsp3) is 0.238. The van der Waals surface area contributed by atoms with Crippen LogP contribution in [-0.4, -0.2) is 38.5 Å². The fourth-order valence-electron chi connectivity index (χ4n) is 2.70. The van der Waals surface area contributed by atoms with Crippen LogP contribution in [0.4, 0.5) is 10.2 Å². The predicted octanol–water partition coefficient (Wildman–Crippen LogP) is 6.03. The Labute approximate surface area is 201 Å². The van der Waals surface area contributed by atoms with Crippen LogP contribution in [0.1, 0.15) is 20.3 Å². The summed E-state index contributed by atoms with van der Waals surface area (Å²) in [4.78, 5) is 22.4. The number of fused-ring (bicyclic) bond motifs is 2. The van der Waals surface area contributed by atoms with Crippen LogP contribution < -0.4 is 5.32 Å². The molecular formula is C21H23FIN5O3S. The van der Waals surface area contributed by atoms with Crippen molar-refractivity contribution in [3.8, 4) is 11.4 Å². The Morgan fingerprint density at radius 1 is 1.44 bits per heavy atom. The second-order valence-corrected chi connectivity index (χ2v) is 7.99. The van der Waals surface area contributed by atoms with E-state index in [4.69, 9.17) is 9.21 Å². The Balaban J connectivity index is 0.000000547. The number of nitrogens with zero attached hydrogens (tertiary/aromatic N) is 4. The molecule has 0 saturated heterocycles. The van der Waals surface area contributed by atoms with Gasteiger partial charge in [0.25, 0.3) is 6.47 Å². The molecule has 4 aromatic heterocycles. The van der Waals surface area contributed by atoms with E-state index in [9.17, 15) is 4.39 Å². The third-order valence-electron chi connectivity index (χ3n) is 4.29. The lowest BCUT2D eigenvalue weighted by Gasteiger charge is -2.13. The molecule has 170 valence electrons. The molecule has 0 saturated carbocycles. The first kappa shape index (κ1) is 25.6. The standard InChI is InChI=1S/C17H15FIN5OS.C2H4O2.C2H4/c1-3-9(2)21-16-14-13(4-5-25-14)22-15(23-16)12-8-24(26-19)17-11(12)6-10(18)7-20-17;1-4-2-3;1-2/h4-9H,3H2,1-2H3,(H,21,22,23);2H,1H3;1-2H2. The van der Waals surface area contributed by atoms with Crippen molar-refractivity contribution in [2.45, 2.75) is 26.3 Å². The second-order valence-electron chi connectivity index (χ2n) is 6.28. The topological polar surface area (TPSA) is 95.1 Å². The molecule has 4 aromatic rings. The van der Waals surface area contributed by atoms with Gasteiger partial charge in [-0.15, -0.1) is 13.2 Å². The highest BCUT2D eigenvalue weighted by Crippen LogP contribution is 2.34. The number of carbonyl (C=O) groups is 1. The highest BCUT2D eigenvalue weighted by molar-refractivity contribution is 14.2. The number of ether oxygens (including phenoxy) is 1. The van der Waals surface area contributed by atoms with E-state index in [0.717, 1.165) is 12.0 Å². The van der Waals surface area contributed by atoms with Crippen molar-refractivity contribution in [2.75, 3.05) is 12.4 Å². The maximum Gasteiger partial charge on any atom is 0.292 e. The summed E-state index contributed by atoms with van der Waals surface area (Å²) in [7, 11) is 2.77. The van der Waals surface area contributed by atoms with Gasteiger partial charge in [0.05, 0.1) is 19.6 Å². The lowest BCUT2D eigenvalue weighted by Crippen LogP contribution is -2.15. The van der Waals surface area contributed by atoms with E-state index >= 15 is 0 Å². The molecular weight excluding hydrogens is 548 g/mol. The van der Waals surface area contributed by atoms with Crippen LogP contribution >= 0.6 is 30.3 Å². The second kappa shape index (κ2) is 12.4. The molecule has 8 nitrogen and oxygen atoms in total. The smallest absolute Gasteiger partial charge is 0.292 e. The van der Waals surface area contributed by atoms with Crippen molar-refractivity contribution in [3.63, 3.8) is 0 Å². The molecule has 0 spiro atoms. The first-order valence-corrected chi connectivity index (χ1v) is 12.8. The maximum atomic E-state index is 13.8. The van der Waals surface area contributed by atoms with Crippen molar-refractivity contribution < 1.29 is 18.3 Å². The van der Waals surface area contributed by atoms with E-state index in [1.54, 1.807) is 12.3 Å². The van der Waals surface area contributed by atoms with Gasteiger partial charge >= 0.3 is 0 Å². The van der Waals surface area contributed by atoms with E-state index in [0.29, 0.717) is 40.2 Å². The van der Waals surface area contributed by atoms with Crippen molar-refractivity contribution in [1.82, 2.24) is 18.9 Å². The highest BCUT2D eigenvalue weighted by atomic mass is 127. The van der Waals surface area contributed by atoms with Crippen LogP contribution in [0.5, 0.6) is 0 Å². The summed E-state index contributed by atoms with van der Waals surface area (Å²) in [6.45, 7) is 10.5. The largest absolute Gasteiger partial charge is 0.471 e. The van der Waals surface area contributed by atoms with Crippen molar-refractivity contribution in [1.29, 1.82) is 0 Å². The molecule has 0 amide bonds. The summed E-state index contributed by atoms with van der Waals surface area (Å²) in [6.07, 6.45) is 5.63. The van der Waals surface area contributed by atoms with Gasteiger partial charge < -0.3 is 14.5 Å². The van der Waals surface area contributed by atoms with Gasteiger partial charge in [0.15, 0.2) is 22.9 Å². The highest BCUT2D eigenvalue weighted by Gasteiger charge is 2.18. The minimum Gasteiger partial charge on any atom is -0.471 e. The summed E-state index contributed by atoms with van der Waals surface area (Å²) < 4.78 is 25.1. The van der Waals surface area contributed by atoms with Crippen LogP contribution in [-0.2, 0) is 9.53 Å². The van der Waals surface area contributed by atoms with Gasteiger partial charge in [-0.2, -0.15) is 0 Å². The van der Waals surface area contributed by atoms with Gasteiger partial charge in [-0.25, -0.2) is 19.3 Å². The lowest BCUT2D eigenvalue weighted by molar-refractivity contribution is -0.126. The van der Waals surface area contributed by atoms with E-state index in [2.05, 4.69) is 73.2 Å². The molecule has 1 N–H and O–H groups in total. The van der Waals surface area contributed by atoms with Crippen LogP contribution in [0.25, 0.3) is 33.5 Å². The zero-order chi connectivity index (χ0) is 23.7. The molecule has 1 atom stereocenters. The molecule has 32 heavy (non-hydrogen) atoms. The van der Waals surface area contributed by atoms with Gasteiger partial charge in [-0.05, 0) is 19.4 Å². The maximum absolute atomic E-state index is 13.8. The summed E-state index contributed by atoms with van der Waals surface area (Å²) in [6, 6.07) is 3.50. The van der Waals surface area contributed by atoms with Crippen molar-refractivity contribution >= 4 is 64.7 Å². The number of methoxy groups -OCH3 is 1. The number of anilines is 1. The third-order valence-corrected chi connectivity index (χ3v) is 5.99. The fourth-order valence-corrected chi connectivity index (χ4v) is 3.96. The molecule has 0 aliphatic rings. The zero-order valence-electron chi connectivity index (χ0n) is 17.8. The Bertz CT molecular complexity index is 1180. The molecule has 0 radical (unpaired) electrons. The average molecular weight is 571 g/mol. The number of aromatic nitrogens is 4.